The normalized spacial score (nSPS) is 11.2. The first-order valence-corrected chi connectivity index (χ1v) is 6.36. The number of para-hydroxylation sites is 1. The van der Waals surface area contributed by atoms with Crippen molar-refractivity contribution in [1.82, 2.24) is 4.98 Å². The quantitative estimate of drug-likeness (QED) is 0.654. The first kappa shape index (κ1) is 11.4. The van der Waals surface area contributed by atoms with Crippen molar-refractivity contribution in [1.29, 1.82) is 0 Å². The number of aromatic nitrogens is 1. The summed E-state index contributed by atoms with van der Waals surface area (Å²) in [5.41, 5.74) is 1.03. The van der Waals surface area contributed by atoms with Crippen molar-refractivity contribution in [3.63, 3.8) is 0 Å². The monoisotopic (exact) mass is 235 g/mol. The second kappa shape index (κ2) is 4.80. The summed E-state index contributed by atoms with van der Waals surface area (Å²) in [5, 5.41) is 2.66. The van der Waals surface area contributed by atoms with Gasteiger partial charge in [0.2, 0.25) is 5.13 Å². The van der Waals surface area contributed by atoms with Crippen molar-refractivity contribution in [3.8, 4) is 0 Å². The summed E-state index contributed by atoms with van der Waals surface area (Å²) in [7, 11) is 0. The second-order valence-electron chi connectivity index (χ2n) is 4.34. The van der Waals surface area contributed by atoms with Crippen LogP contribution in [-0.4, -0.2) is 11.5 Å². The molecule has 1 aromatic carbocycles. The minimum absolute atomic E-state index is 0.667. The summed E-state index contributed by atoms with van der Waals surface area (Å²) in [6.07, 6.45) is 1.09. The summed E-state index contributed by atoms with van der Waals surface area (Å²) >= 11 is 1.65. The molecule has 4 heteroatoms. The Kier molecular flexibility index (Phi) is 3.41. The van der Waals surface area contributed by atoms with Crippen LogP contribution in [0, 0.1) is 5.92 Å². The van der Waals surface area contributed by atoms with Gasteiger partial charge in [-0.3, -0.25) is 5.01 Å². The van der Waals surface area contributed by atoms with Crippen LogP contribution in [0.3, 0.4) is 0 Å². The van der Waals surface area contributed by atoms with Gasteiger partial charge in [-0.1, -0.05) is 37.3 Å². The third kappa shape index (κ3) is 2.51. The lowest BCUT2D eigenvalue weighted by Gasteiger charge is -2.15. The number of fused-ring (bicyclic) bond motifs is 1. The van der Waals surface area contributed by atoms with E-state index in [0.717, 1.165) is 23.6 Å². The molecule has 2 N–H and O–H groups in total. The van der Waals surface area contributed by atoms with Crippen molar-refractivity contribution in [3.05, 3.63) is 24.3 Å². The van der Waals surface area contributed by atoms with Gasteiger partial charge in [-0.05, 0) is 24.5 Å². The molecule has 1 aromatic heterocycles. The molecule has 0 saturated carbocycles. The highest BCUT2D eigenvalue weighted by atomic mass is 32.1. The number of rotatable bonds is 4. The molecule has 0 amide bonds. The fraction of sp³-hybridized carbons (Fsp3) is 0.417. The van der Waals surface area contributed by atoms with Gasteiger partial charge >= 0.3 is 0 Å². The second-order valence-corrected chi connectivity index (χ2v) is 5.35. The number of hydrazine groups is 1. The van der Waals surface area contributed by atoms with E-state index in [1.807, 2.05) is 18.2 Å². The molecule has 0 atom stereocenters. The van der Waals surface area contributed by atoms with Crippen molar-refractivity contribution >= 4 is 26.7 Å². The number of nitrogens with two attached hydrogens (primary N) is 1. The minimum atomic E-state index is 0.667. The Balaban J connectivity index is 2.13. The van der Waals surface area contributed by atoms with Crippen LogP contribution in [0.25, 0.3) is 10.2 Å². The molecule has 86 valence electrons. The molecule has 0 radical (unpaired) electrons. The topological polar surface area (TPSA) is 42.1 Å². The van der Waals surface area contributed by atoms with E-state index in [2.05, 4.69) is 24.9 Å². The first-order chi connectivity index (χ1) is 7.66. The van der Waals surface area contributed by atoms with E-state index in [0.29, 0.717) is 5.92 Å². The number of nitrogens with zero attached hydrogens (tertiary/aromatic N) is 2. The zero-order valence-corrected chi connectivity index (χ0v) is 10.5. The van der Waals surface area contributed by atoms with Gasteiger partial charge in [-0.25, -0.2) is 10.8 Å². The molecular weight excluding hydrogens is 218 g/mol. The van der Waals surface area contributed by atoms with Crippen molar-refractivity contribution < 1.29 is 0 Å². The Morgan fingerprint density at radius 3 is 2.81 bits per heavy atom. The predicted molar refractivity (Wildman–Crippen MR) is 70.6 cm³/mol. The minimum Gasteiger partial charge on any atom is -0.286 e. The van der Waals surface area contributed by atoms with Crippen LogP contribution in [-0.2, 0) is 0 Å². The maximum absolute atomic E-state index is 5.99. The van der Waals surface area contributed by atoms with E-state index >= 15 is 0 Å². The maximum atomic E-state index is 5.99. The largest absolute Gasteiger partial charge is 0.286 e. The average Bonchev–Trinajstić information content (AvgIpc) is 2.69. The van der Waals surface area contributed by atoms with E-state index in [9.17, 15) is 0 Å². The smallest absolute Gasteiger partial charge is 0.200 e. The van der Waals surface area contributed by atoms with Crippen LogP contribution in [0.1, 0.15) is 20.3 Å². The highest BCUT2D eigenvalue weighted by molar-refractivity contribution is 7.22. The molecule has 0 aliphatic rings. The van der Waals surface area contributed by atoms with Crippen LogP contribution >= 0.6 is 11.3 Å². The number of hydrogen-bond acceptors (Lipinski definition) is 4. The van der Waals surface area contributed by atoms with E-state index in [1.165, 1.54) is 4.70 Å². The van der Waals surface area contributed by atoms with Crippen LogP contribution in [0.2, 0.25) is 0 Å². The molecule has 0 unspecified atom stereocenters. The number of hydrogen-bond donors (Lipinski definition) is 1. The molecule has 0 aliphatic heterocycles. The summed E-state index contributed by atoms with van der Waals surface area (Å²) in [6, 6.07) is 8.12. The molecule has 2 rings (SSSR count). The summed E-state index contributed by atoms with van der Waals surface area (Å²) in [5.74, 6) is 6.66. The Bertz CT molecular complexity index is 431. The van der Waals surface area contributed by atoms with E-state index in [1.54, 1.807) is 16.3 Å². The summed E-state index contributed by atoms with van der Waals surface area (Å²) in [4.78, 5) is 4.51. The fourth-order valence-electron chi connectivity index (χ4n) is 1.48. The third-order valence-corrected chi connectivity index (χ3v) is 3.55. The van der Waals surface area contributed by atoms with Crippen molar-refractivity contribution in [2.75, 3.05) is 11.6 Å². The van der Waals surface area contributed by atoms with Gasteiger partial charge in [0.25, 0.3) is 0 Å². The highest BCUT2D eigenvalue weighted by Gasteiger charge is 2.08. The van der Waals surface area contributed by atoms with Gasteiger partial charge in [-0.15, -0.1) is 0 Å². The summed E-state index contributed by atoms with van der Waals surface area (Å²) in [6.45, 7) is 5.26. The molecule has 3 nitrogen and oxygen atoms in total. The molecule has 2 aromatic rings. The Hall–Kier alpha value is -1.13. The lowest BCUT2D eigenvalue weighted by atomic mass is 10.1. The SMILES string of the molecule is CC(C)CCN(N)c1nc2ccccc2s1. The molecule has 0 aliphatic carbocycles. The average molecular weight is 235 g/mol. The van der Waals surface area contributed by atoms with Crippen LogP contribution in [0.5, 0.6) is 0 Å². The molecular formula is C12H17N3S. The van der Waals surface area contributed by atoms with Gasteiger partial charge in [0.1, 0.15) is 0 Å². The predicted octanol–water partition coefficient (Wildman–Crippen LogP) is 3.02. The maximum Gasteiger partial charge on any atom is 0.200 e. The van der Waals surface area contributed by atoms with Crippen LogP contribution in [0.15, 0.2) is 24.3 Å². The lowest BCUT2D eigenvalue weighted by molar-refractivity contribution is 0.577. The zero-order chi connectivity index (χ0) is 11.5. The van der Waals surface area contributed by atoms with Gasteiger partial charge < -0.3 is 0 Å². The Morgan fingerprint density at radius 1 is 1.38 bits per heavy atom. The van der Waals surface area contributed by atoms with Crippen LogP contribution in [0.4, 0.5) is 5.13 Å². The van der Waals surface area contributed by atoms with E-state index in [-0.39, 0.29) is 0 Å². The van der Waals surface area contributed by atoms with Crippen molar-refractivity contribution in [2.24, 2.45) is 11.8 Å². The van der Waals surface area contributed by atoms with Gasteiger partial charge in [0.15, 0.2) is 0 Å². The van der Waals surface area contributed by atoms with E-state index in [4.69, 9.17) is 5.84 Å². The Labute approximate surface area is 99.9 Å². The van der Waals surface area contributed by atoms with Gasteiger partial charge in [0.05, 0.1) is 10.2 Å². The number of anilines is 1. The van der Waals surface area contributed by atoms with Crippen LogP contribution < -0.4 is 10.9 Å². The van der Waals surface area contributed by atoms with Gasteiger partial charge in [-0.2, -0.15) is 0 Å². The first-order valence-electron chi connectivity index (χ1n) is 5.54. The fourth-order valence-corrected chi connectivity index (χ4v) is 2.39. The molecule has 0 bridgehead atoms. The lowest BCUT2D eigenvalue weighted by Crippen LogP contribution is -2.32. The highest BCUT2D eigenvalue weighted by Crippen LogP contribution is 2.27. The molecule has 1 heterocycles. The standard InChI is InChI=1S/C12H17N3S/c1-9(2)7-8-15(13)12-14-10-5-3-4-6-11(10)16-12/h3-6,9H,7-8,13H2,1-2H3. The third-order valence-electron chi connectivity index (χ3n) is 2.48. The zero-order valence-electron chi connectivity index (χ0n) is 9.68. The number of benzene rings is 1. The molecule has 16 heavy (non-hydrogen) atoms. The van der Waals surface area contributed by atoms with E-state index < -0.39 is 0 Å². The summed E-state index contributed by atoms with van der Waals surface area (Å²) < 4.78 is 1.19. The Morgan fingerprint density at radius 2 is 2.12 bits per heavy atom. The van der Waals surface area contributed by atoms with Crippen molar-refractivity contribution in [2.45, 2.75) is 20.3 Å². The molecule has 0 fully saturated rings. The number of thiazole rings is 1. The molecule has 0 spiro atoms. The van der Waals surface area contributed by atoms with Gasteiger partial charge in [0, 0.05) is 6.54 Å². The molecule has 0 saturated heterocycles.